The van der Waals surface area contributed by atoms with Crippen molar-refractivity contribution in [3.63, 3.8) is 0 Å². The molecule has 1 aliphatic rings. The molecule has 1 fully saturated rings. The maximum absolute atomic E-state index is 12.1. The molecule has 0 bridgehead atoms. The van der Waals surface area contributed by atoms with Crippen molar-refractivity contribution in [2.24, 2.45) is 5.92 Å². The van der Waals surface area contributed by atoms with Gasteiger partial charge in [-0.2, -0.15) is 0 Å². The Morgan fingerprint density at radius 3 is 2.48 bits per heavy atom. The summed E-state index contributed by atoms with van der Waals surface area (Å²) < 4.78 is 10.6. The smallest absolute Gasteiger partial charge is 0.410 e. The molecule has 0 saturated carbocycles. The van der Waals surface area contributed by atoms with Crippen molar-refractivity contribution in [2.45, 2.75) is 45.6 Å². The topological polar surface area (TPSA) is 64.8 Å². The summed E-state index contributed by atoms with van der Waals surface area (Å²) in [5.74, 6) is 1.33. The van der Waals surface area contributed by atoms with E-state index in [2.05, 4.69) is 0 Å². The number of nitrogen functional groups attached to an aromatic ring is 1. The number of hydrogen-bond acceptors (Lipinski definition) is 4. The molecule has 0 radical (unpaired) electrons. The fourth-order valence-corrected chi connectivity index (χ4v) is 2.84. The number of methoxy groups -OCH3 is 1. The Bertz CT molecular complexity index is 544. The van der Waals surface area contributed by atoms with Gasteiger partial charge in [0.25, 0.3) is 0 Å². The number of hydrogen-bond donors (Lipinski definition) is 1. The van der Waals surface area contributed by atoms with Crippen molar-refractivity contribution in [3.05, 3.63) is 23.8 Å². The molecule has 2 rings (SSSR count). The summed E-state index contributed by atoms with van der Waals surface area (Å²) in [6, 6.07) is 5.85. The van der Waals surface area contributed by atoms with Crippen LogP contribution in [0.1, 0.15) is 39.2 Å². The molecule has 1 saturated heterocycles. The lowest BCUT2D eigenvalue weighted by Gasteiger charge is -2.33. The van der Waals surface area contributed by atoms with Crippen LogP contribution in [0.3, 0.4) is 0 Å². The summed E-state index contributed by atoms with van der Waals surface area (Å²) in [4.78, 5) is 13.9. The van der Waals surface area contributed by atoms with Crippen molar-refractivity contribution in [1.29, 1.82) is 0 Å². The van der Waals surface area contributed by atoms with E-state index in [4.69, 9.17) is 15.2 Å². The lowest BCUT2D eigenvalue weighted by molar-refractivity contribution is 0.0184. The van der Waals surface area contributed by atoms with Gasteiger partial charge in [0.05, 0.1) is 7.11 Å². The molecule has 1 amide bonds. The van der Waals surface area contributed by atoms with Crippen LogP contribution in [0.4, 0.5) is 10.5 Å². The molecule has 23 heavy (non-hydrogen) atoms. The van der Waals surface area contributed by atoms with Gasteiger partial charge in [-0.3, -0.25) is 0 Å². The lowest BCUT2D eigenvalue weighted by Crippen LogP contribution is -2.42. The minimum absolute atomic E-state index is 0.208. The van der Waals surface area contributed by atoms with E-state index in [-0.39, 0.29) is 6.09 Å². The number of benzene rings is 1. The number of nitrogens with two attached hydrogens (primary N) is 1. The van der Waals surface area contributed by atoms with Gasteiger partial charge in [0.15, 0.2) is 0 Å². The summed E-state index contributed by atoms with van der Waals surface area (Å²) in [5.41, 5.74) is 7.59. The highest BCUT2D eigenvalue weighted by Crippen LogP contribution is 2.27. The number of amides is 1. The number of piperidine rings is 1. The monoisotopic (exact) mass is 320 g/mol. The fourth-order valence-electron chi connectivity index (χ4n) is 2.84. The standard InChI is InChI=1S/C18H28N2O3/c1-18(2,3)23-17(21)20-9-7-13(8-10-20)11-14-5-6-15(22-4)12-16(14)19/h5-6,12-13H,7-11,19H2,1-4H3. The molecule has 2 N–H and O–H groups in total. The largest absolute Gasteiger partial charge is 0.497 e. The summed E-state index contributed by atoms with van der Waals surface area (Å²) in [6.45, 7) is 7.17. The number of carbonyl (C=O) groups excluding carboxylic acids is 1. The van der Waals surface area contributed by atoms with Crippen LogP contribution in [0.5, 0.6) is 5.75 Å². The van der Waals surface area contributed by atoms with Crippen LogP contribution in [0.15, 0.2) is 18.2 Å². The molecular formula is C18H28N2O3. The molecule has 0 unspecified atom stereocenters. The van der Waals surface area contributed by atoms with Gasteiger partial charge in [0.1, 0.15) is 11.4 Å². The molecule has 0 aromatic heterocycles. The van der Waals surface area contributed by atoms with Crippen molar-refractivity contribution >= 4 is 11.8 Å². The van der Waals surface area contributed by atoms with Gasteiger partial charge in [0.2, 0.25) is 0 Å². The van der Waals surface area contributed by atoms with E-state index >= 15 is 0 Å². The van der Waals surface area contributed by atoms with E-state index in [0.29, 0.717) is 5.92 Å². The van der Waals surface area contributed by atoms with Crippen LogP contribution in [0.2, 0.25) is 0 Å². The number of rotatable bonds is 3. The first kappa shape index (κ1) is 17.4. The van der Waals surface area contributed by atoms with Crippen LogP contribution in [0, 0.1) is 5.92 Å². The number of nitrogens with zero attached hydrogens (tertiary/aromatic N) is 1. The van der Waals surface area contributed by atoms with Gasteiger partial charge in [-0.1, -0.05) is 6.07 Å². The summed E-state index contributed by atoms with van der Waals surface area (Å²) in [7, 11) is 1.64. The molecule has 1 aromatic rings. The first-order valence-electron chi connectivity index (χ1n) is 8.19. The molecule has 5 heteroatoms. The molecule has 128 valence electrons. The van der Waals surface area contributed by atoms with Gasteiger partial charge < -0.3 is 20.1 Å². The van der Waals surface area contributed by atoms with Crippen molar-refractivity contribution in [3.8, 4) is 5.75 Å². The predicted molar refractivity (Wildman–Crippen MR) is 91.6 cm³/mol. The third-order valence-corrected chi connectivity index (χ3v) is 4.13. The minimum Gasteiger partial charge on any atom is -0.497 e. The SMILES string of the molecule is COc1ccc(CC2CCN(C(=O)OC(C)(C)C)CC2)c(N)c1. The zero-order valence-electron chi connectivity index (χ0n) is 14.6. The van der Waals surface area contributed by atoms with Crippen molar-refractivity contribution in [2.75, 3.05) is 25.9 Å². The normalized spacial score (nSPS) is 16.3. The van der Waals surface area contributed by atoms with Gasteiger partial charge >= 0.3 is 6.09 Å². The second-order valence-corrected chi connectivity index (χ2v) is 7.18. The Balaban J connectivity index is 1.86. The molecule has 1 aromatic carbocycles. The molecule has 1 heterocycles. The third-order valence-electron chi connectivity index (χ3n) is 4.13. The van der Waals surface area contributed by atoms with Gasteiger partial charge in [0, 0.05) is 24.8 Å². The predicted octanol–water partition coefficient (Wildman–Crippen LogP) is 3.47. The van der Waals surface area contributed by atoms with Gasteiger partial charge in [-0.15, -0.1) is 0 Å². The highest BCUT2D eigenvalue weighted by atomic mass is 16.6. The maximum Gasteiger partial charge on any atom is 0.410 e. The maximum atomic E-state index is 12.1. The molecule has 1 aliphatic heterocycles. The Kier molecular flexibility index (Phi) is 5.39. The molecule has 0 spiro atoms. The number of anilines is 1. The van der Waals surface area contributed by atoms with E-state index < -0.39 is 5.60 Å². The number of carbonyl (C=O) groups is 1. The first-order valence-corrected chi connectivity index (χ1v) is 8.19. The average Bonchev–Trinajstić information content (AvgIpc) is 2.48. The van der Waals surface area contributed by atoms with Gasteiger partial charge in [-0.05, 0) is 57.6 Å². The van der Waals surface area contributed by atoms with Crippen molar-refractivity contribution in [1.82, 2.24) is 4.90 Å². The van der Waals surface area contributed by atoms with Crippen molar-refractivity contribution < 1.29 is 14.3 Å². The van der Waals surface area contributed by atoms with Gasteiger partial charge in [-0.25, -0.2) is 4.79 Å². The number of likely N-dealkylation sites (tertiary alicyclic amines) is 1. The zero-order valence-corrected chi connectivity index (χ0v) is 14.6. The second-order valence-electron chi connectivity index (χ2n) is 7.18. The van der Waals surface area contributed by atoms with E-state index in [1.807, 2.05) is 39.0 Å². The molecule has 0 aliphatic carbocycles. The average molecular weight is 320 g/mol. The Morgan fingerprint density at radius 1 is 1.30 bits per heavy atom. The molecule has 5 nitrogen and oxygen atoms in total. The summed E-state index contributed by atoms with van der Waals surface area (Å²) in [6.07, 6.45) is 2.69. The number of ether oxygens (including phenoxy) is 2. The zero-order chi connectivity index (χ0) is 17.0. The third kappa shape index (κ3) is 5.05. The van der Waals surface area contributed by atoms with E-state index in [9.17, 15) is 4.79 Å². The van der Waals surface area contributed by atoms with E-state index in [1.165, 1.54) is 0 Å². The lowest BCUT2D eigenvalue weighted by atomic mass is 9.89. The van der Waals surface area contributed by atoms with Crippen LogP contribution in [-0.4, -0.2) is 36.8 Å². The molecule has 0 atom stereocenters. The van der Waals surface area contributed by atoms with Crippen LogP contribution < -0.4 is 10.5 Å². The quantitative estimate of drug-likeness (QED) is 0.866. The molecular weight excluding hydrogens is 292 g/mol. The summed E-state index contributed by atoms with van der Waals surface area (Å²) in [5, 5.41) is 0. The van der Waals surface area contributed by atoms with Crippen LogP contribution >= 0.6 is 0 Å². The minimum atomic E-state index is -0.439. The summed E-state index contributed by atoms with van der Waals surface area (Å²) >= 11 is 0. The highest BCUT2D eigenvalue weighted by Gasteiger charge is 2.27. The Hall–Kier alpha value is -1.91. The second kappa shape index (κ2) is 7.11. The van der Waals surface area contributed by atoms with E-state index in [1.54, 1.807) is 12.0 Å². The Morgan fingerprint density at radius 2 is 1.96 bits per heavy atom. The van der Waals surface area contributed by atoms with E-state index in [0.717, 1.165) is 49.4 Å². The first-order chi connectivity index (χ1) is 10.8. The van der Waals surface area contributed by atoms with Crippen LogP contribution in [0.25, 0.3) is 0 Å². The van der Waals surface area contributed by atoms with Crippen LogP contribution in [-0.2, 0) is 11.2 Å². The fraction of sp³-hybridized carbons (Fsp3) is 0.611. The Labute approximate surface area is 138 Å². The highest BCUT2D eigenvalue weighted by molar-refractivity contribution is 5.68.